The average molecular weight is 296 g/mol. The minimum atomic E-state index is -1.60. The van der Waals surface area contributed by atoms with Crippen LogP contribution in [0.2, 0.25) is 0 Å². The van der Waals surface area contributed by atoms with Crippen LogP contribution in [0, 0.1) is 0 Å². The van der Waals surface area contributed by atoms with Crippen LogP contribution in [-0.4, -0.2) is 44.0 Å². The van der Waals surface area contributed by atoms with E-state index in [0.717, 1.165) is 0 Å². The van der Waals surface area contributed by atoms with E-state index in [9.17, 15) is 14.7 Å². The van der Waals surface area contributed by atoms with Crippen molar-refractivity contribution in [1.82, 2.24) is 0 Å². The van der Waals surface area contributed by atoms with Gasteiger partial charge in [-0.1, -0.05) is 0 Å². The Balaban J connectivity index is 2.44. The molecular weight excluding hydrogens is 280 g/mol. The first kappa shape index (κ1) is 15.1. The molecule has 0 saturated carbocycles. The highest BCUT2D eigenvalue weighted by Gasteiger charge is 2.42. The summed E-state index contributed by atoms with van der Waals surface area (Å²) in [6.45, 7) is 1.73. The van der Waals surface area contributed by atoms with Crippen molar-refractivity contribution in [2.75, 3.05) is 20.8 Å². The van der Waals surface area contributed by atoms with Gasteiger partial charge in [0, 0.05) is 11.6 Å². The molecule has 0 unspecified atom stereocenters. The molecule has 21 heavy (non-hydrogen) atoms. The number of esters is 2. The van der Waals surface area contributed by atoms with Gasteiger partial charge in [-0.2, -0.15) is 0 Å². The number of carbonyl (C=O) groups excluding carboxylic acids is 2. The van der Waals surface area contributed by atoms with Crippen LogP contribution in [0.1, 0.15) is 28.9 Å². The predicted octanol–water partition coefficient (Wildman–Crippen LogP) is 0.839. The van der Waals surface area contributed by atoms with E-state index in [0.29, 0.717) is 11.3 Å². The number of hydrogen-bond acceptors (Lipinski definition) is 7. The lowest BCUT2D eigenvalue weighted by molar-refractivity contribution is -0.159. The van der Waals surface area contributed by atoms with Crippen LogP contribution in [0.5, 0.6) is 11.5 Å². The number of aliphatic hydroxyl groups is 1. The first-order valence-corrected chi connectivity index (χ1v) is 6.35. The summed E-state index contributed by atoms with van der Waals surface area (Å²) >= 11 is 0. The van der Waals surface area contributed by atoms with Gasteiger partial charge >= 0.3 is 11.9 Å². The third kappa shape index (κ3) is 2.64. The summed E-state index contributed by atoms with van der Waals surface area (Å²) in [7, 11) is 2.85. The van der Waals surface area contributed by atoms with Crippen LogP contribution in [0.25, 0.3) is 0 Å². The molecule has 0 aliphatic carbocycles. The zero-order valence-electron chi connectivity index (χ0n) is 11.9. The molecule has 0 bridgehead atoms. The van der Waals surface area contributed by atoms with E-state index in [-0.39, 0.29) is 17.9 Å². The highest BCUT2D eigenvalue weighted by Crippen LogP contribution is 2.41. The van der Waals surface area contributed by atoms with Crippen LogP contribution in [0.4, 0.5) is 0 Å². The Labute approximate surface area is 121 Å². The molecule has 2 atom stereocenters. The fourth-order valence-corrected chi connectivity index (χ4v) is 2.16. The lowest BCUT2D eigenvalue weighted by atomic mass is 10.00. The highest BCUT2D eigenvalue weighted by molar-refractivity contribution is 5.98. The quantitative estimate of drug-likeness (QED) is 0.805. The number of aliphatic hydroxyl groups excluding tert-OH is 1. The molecule has 114 valence electrons. The van der Waals surface area contributed by atoms with Gasteiger partial charge in [-0.3, -0.25) is 0 Å². The third-order valence-electron chi connectivity index (χ3n) is 3.12. The molecule has 0 saturated heterocycles. The molecule has 0 aromatic heterocycles. The van der Waals surface area contributed by atoms with E-state index in [2.05, 4.69) is 0 Å². The van der Waals surface area contributed by atoms with Gasteiger partial charge in [0.25, 0.3) is 0 Å². The Hall–Kier alpha value is -2.28. The van der Waals surface area contributed by atoms with Crippen LogP contribution in [-0.2, 0) is 14.3 Å². The second-order valence-corrected chi connectivity index (χ2v) is 4.32. The van der Waals surface area contributed by atoms with Gasteiger partial charge in [-0.05, 0) is 13.0 Å². The van der Waals surface area contributed by atoms with E-state index < -0.39 is 24.1 Å². The molecule has 1 aliphatic heterocycles. The molecule has 0 radical (unpaired) electrons. The fourth-order valence-electron chi connectivity index (χ4n) is 2.16. The minimum absolute atomic E-state index is 0.116. The van der Waals surface area contributed by atoms with Crippen LogP contribution < -0.4 is 9.47 Å². The molecular formula is C14H16O7. The van der Waals surface area contributed by atoms with Crippen molar-refractivity contribution in [3.63, 3.8) is 0 Å². The summed E-state index contributed by atoms with van der Waals surface area (Å²) < 4.78 is 20.1. The number of rotatable bonds is 5. The van der Waals surface area contributed by atoms with Crippen molar-refractivity contribution in [1.29, 1.82) is 0 Å². The van der Waals surface area contributed by atoms with E-state index in [1.807, 2.05) is 0 Å². The number of cyclic esters (lactones) is 1. The molecule has 2 rings (SSSR count). The van der Waals surface area contributed by atoms with Gasteiger partial charge in [0.2, 0.25) is 0 Å². The van der Waals surface area contributed by atoms with E-state index in [1.165, 1.54) is 26.4 Å². The number of methoxy groups -OCH3 is 2. The Bertz CT molecular complexity index is 567. The van der Waals surface area contributed by atoms with E-state index in [4.69, 9.17) is 18.9 Å². The Kier molecular flexibility index (Phi) is 4.32. The van der Waals surface area contributed by atoms with Crippen LogP contribution in [0.3, 0.4) is 0 Å². The van der Waals surface area contributed by atoms with E-state index >= 15 is 0 Å². The van der Waals surface area contributed by atoms with Gasteiger partial charge < -0.3 is 24.1 Å². The average Bonchev–Trinajstić information content (AvgIpc) is 2.82. The highest BCUT2D eigenvalue weighted by atomic mass is 16.6. The molecule has 1 aliphatic rings. The second-order valence-electron chi connectivity index (χ2n) is 4.32. The standard InChI is InChI=1S/C14H16O7/c1-4-20-14(17)11(15)12-8-5-7(18-2)6-9(19-3)10(8)13(16)21-12/h5-6,11-12,15H,4H2,1-3H3/t11-,12+/m0/s1. The van der Waals surface area contributed by atoms with Gasteiger partial charge in [0.05, 0.1) is 20.8 Å². The summed E-state index contributed by atoms with van der Waals surface area (Å²) in [4.78, 5) is 23.6. The monoisotopic (exact) mass is 296 g/mol. The van der Waals surface area contributed by atoms with E-state index in [1.54, 1.807) is 6.92 Å². The maximum Gasteiger partial charge on any atom is 0.343 e. The SMILES string of the molecule is CCOC(=O)[C@@H](O)[C@@H]1OC(=O)c2c(OC)cc(OC)cc21. The number of hydrogen-bond donors (Lipinski definition) is 1. The summed E-state index contributed by atoms with van der Waals surface area (Å²) in [5.74, 6) is -0.847. The normalized spacial score (nSPS) is 17.7. The first-order chi connectivity index (χ1) is 10.0. The number of ether oxygens (including phenoxy) is 4. The molecule has 0 spiro atoms. The summed E-state index contributed by atoms with van der Waals surface area (Å²) in [5, 5.41) is 10.0. The number of fused-ring (bicyclic) bond motifs is 1. The molecule has 1 aromatic rings. The summed E-state index contributed by atoms with van der Waals surface area (Å²) in [6.07, 6.45) is -2.75. The van der Waals surface area contributed by atoms with Crippen molar-refractivity contribution >= 4 is 11.9 Å². The molecule has 1 heterocycles. The molecule has 7 heteroatoms. The zero-order valence-corrected chi connectivity index (χ0v) is 11.9. The second kappa shape index (κ2) is 6.01. The number of benzene rings is 1. The molecule has 0 amide bonds. The van der Waals surface area contributed by atoms with Crippen molar-refractivity contribution in [3.05, 3.63) is 23.3 Å². The predicted molar refractivity (Wildman–Crippen MR) is 70.3 cm³/mol. The lowest BCUT2D eigenvalue weighted by Crippen LogP contribution is -2.30. The maximum atomic E-state index is 11.9. The lowest BCUT2D eigenvalue weighted by Gasteiger charge is -2.17. The summed E-state index contributed by atoms with van der Waals surface area (Å²) in [5.41, 5.74) is 0.503. The molecule has 7 nitrogen and oxygen atoms in total. The van der Waals surface area contributed by atoms with Crippen LogP contribution in [0.15, 0.2) is 12.1 Å². The van der Waals surface area contributed by atoms with Crippen molar-refractivity contribution in [2.45, 2.75) is 19.1 Å². The minimum Gasteiger partial charge on any atom is -0.497 e. The molecule has 0 fully saturated rings. The molecule has 1 N–H and O–H groups in total. The van der Waals surface area contributed by atoms with Crippen molar-refractivity contribution < 1.29 is 33.6 Å². The van der Waals surface area contributed by atoms with Crippen molar-refractivity contribution in [3.8, 4) is 11.5 Å². The summed E-state index contributed by atoms with van der Waals surface area (Å²) in [6, 6.07) is 3.05. The maximum absolute atomic E-state index is 11.9. The van der Waals surface area contributed by atoms with Gasteiger partial charge in [0.15, 0.2) is 12.2 Å². The zero-order chi connectivity index (χ0) is 15.6. The number of carbonyl (C=O) groups is 2. The van der Waals surface area contributed by atoms with Gasteiger partial charge in [-0.15, -0.1) is 0 Å². The third-order valence-corrected chi connectivity index (χ3v) is 3.12. The van der Waals surface area contributed by atoms with Crippen LogP contribution >= 0.6 is 0 Å². The Morgan fingerprint density at radius 1 is 1.38 bits per heavy atom. The topological polar surface area (TPSA) is 91.3 Å². The fraction of sp³-hybridized carbons (Fsp3) is 0.429. The first-order valence-electron chi connectivity index (χ1n) is 6.35. The molecule has 1 aromatic carbocycles. The Morgan fingerprint density at radius 2 is 2.10 bits per heavy atom. The largest absolute Gasteiger partial charge is 0.497 e. The smallest absolute Gasteiger partial charge is 0.343 e. The van der Waals surface area contributed by atoms with Gasteiger partial charge in [-0.25, -0.2) is 9.59 Å². The Morgan fingerprint density at radius 3 is 2.67 bits per heavy atom. The van der Waals surface area contributed by atoms with Crippen molar-refractivity contribution in [2.24, 2.45) is 0 Å². The van der Waals surface area contributed by atoms with Gasteiger partial charge in [0.1, 0.15) is 17.1 Å².